The SMILES string of the molecule is CCCCCCCCCCC(=O)NC[C@H]1O[C@@H](Oc2c3cc4cc2Oc2ccc(cc2Cl)[C@@H](O)[C@@H](NC(=O)[C@@H](CC(C)C)NC)C(=O)N[C@@H](CC(N)=O)C(=O)N[C@H]4C(=O)N[C@H]2C(=O)N[C@H](C(=O)N[C@H](C(=O)O)c4cc(O)cc(O)c4-c4cc2ccc4O)[C@H](O)c2ccc(c(Cl)c2)O3)[C@H](O)[C@@H](O)[C@@H]1O. The maximum Gasteiger partial charge on any atom is 0.330 e. The van der Waals surface area contributed by atoms with Gasteiger partial charge in [-0.05, 0) is 103 Å². The Morgan fingerprint density at radius 1 is 0.631 bits per heavy atom. The van der Waals surface area contributed by atoms with E-state index in [1.165, 1.54) is 19.2 Å². The number of carboxylic acid groups (broad SMARTS) is 1. The van der Waals surface area contributed by atoms with Gasteiger partial charge in [0.15, 0.2) is 17.5 Å². The number of carbonyl (C=O) groups is 9. The first-order valence-electron chi connectivity index (χ1n) is 33.5. The summed E-state index contributed by atoms with van der Waals surface area (Å²) in [4.78, 5) is 130. The van der Waals surface area contributed by atoms with E-state index in [1.807, 2.05) is 13.8 Å². The van der Waals surface area contributed by atoms with Crippen LogP contribution in [0.4, 0.5) is 0 Å². The number of aliphatic carboxylic acids is 1. The van der Waals surface area contributed by atoms with Crippen molar-refractivity contribution in [1.82, 2.24) is 42.5 Å². The number of aromatic hydroxyl groups is 3. The third-order valence-electron chi connectivity index (χ3n) is 18.0. The summed E-state index contributed by atoms with van der Waals surface area (Å²) in [6.07, 6.45) is -7.01. The Kier molecular flexibility index (Phi) is 25.7. The van der Waals surface area contributed by atoms with Crippen LogP contribution in [0.1, 0.15) is 150 Å². The summed E-state index contributed by atoms with van der Waals surface area (Å²) in [6.45, 7) is 5.33. The monoisotopic (exact) mass is 1470 g/mol. The van der Waals surface area contributed by atoms with Crippen molar-refractivity contribution in [2.24, 2.45) is 11.7 Å². The van der Waals surface area contributed by atoms with Crippen LogP contribution in [0.3, 0.4) is 0 Å². The van der Waals surface area contributed by atoms with E-state index in [1.54, 1.807) is 0 Å². The van der Waals surface area contributed by atoms with Crippen LogP contribution in [0.25, 0.3) is 11.1 Å². The average molecular weight is 1470 g/mol. The first kappa shape index (κ1) is 77.6. The maximum absolute atomic E-state index is 16.0. The summed E-state index contributed by atoms with van der Waals surface area (Å²) in [5.41, 5.74) is 2.96. The second-order valence-corrected chi connectivity index (χ2v) is 26.8. The highest BCUT2D eigenvalue weighted by atomic mass is 35.5. The van der Waals surface area contributed by atoms with E-state index < -0.39 is 213 Å². The zero-order valence-corrected chi connectivity index (χ0v) is 57.8. The van der Waals surface area contributed by atoms with Crippen molar-refractivity contribution < 1.29 is 108 Å². The van der Waals surface area contributed by atoms with Crippen molar-refractivity contribution in [2.75, 3.05) is 13.6 Å². The molecule has 5 aromatic rings. The third-order valence-corrected chi connectivity index (χ3v) is 18.6. The van der Waals surface area contributed by atoms with E-state index in [9.17, 15) is 74.7 Å². The molecule has 19 N–H and O–H groups in total. The highest BCUT2D eigenvalue weighted by molar-refractivity contribution is 6.32. The van der Waals surface area contributed by atoms with Crippen LogP contribution in [-0.4, -0.2) is 168 Å². The van der Waals surface area contributed by atoms with Crippen molar-refractivity contribution in [3.8, 4) is 57.1 Å². The van der Waals surface area contributed by atoms with Crippen LogP contribution in [-0.2, 0) is 47.9 Å². The highest BCUT2D eigenvalue weighted by Crippen LogP contribution is 2.49. The molecule has 14 atom stereocenters. The van der Waals surface area contributed by atoms with E-state index >= 15 is 14.4 Å². The number of hydrogen-bond acceptors (Lipinski definition) is 22. The van der Waals surface area contributed by atoms with Gasteiger partial charge >= 0.3 is 5.97 Å². The molecule has 8 amide bonds. The van der Waals surface area contributed by atoms with Crippen molar-refractivity contribution in [2.45, 2.75) is 177 Å². The number of benzene rings is 5. The van der Waals surface area contributed by atoms with Crippen LogP contribution in [0, 0.1) is 5.92 Å². The molecular formula is C70H83Cl2N9O22. The zero-order valence-electron chi connectivity index (χ0n) is 56.3. The summed E-state index contributed by atoms with van der Waals surface area (Å²) in [5, 5.41) is 123. The molecule has 6 aliphatic heterocycles. The minimum absolute atomic E-state index is 0.0892. The number of aliphatic hydroxyl groups is 5. The Hall–Kier alpha value is -9.57. The first-order valence-corrected chi connectivity index (χ1v) is 34.2. The van der Waals surface area contributed by atoms with E-state index in [2.05, 4.69) is 49.5 Å². The summed E-state index contributed by atoms with van der Waals surface area (Å²) in [5.74, 6) is -16.2. The quantitative estimate of drug-likeness (QED) is 0.0467. The first-order chi connectivity index (χ1) is 49.0. The third kappa shape index (κ3) is 18.4. The van der Waals surface area contributed by atoms with Gasteiger partial charge in [-0.3, -0.25) is 38.4 Å². The fourth-order valence-electron chi connectivity index (χ4n) is 12.5. The number of halogens is 2. The molecule has 0 saturated carbocycles. The molecule has 6 heterocycles. The van der Waals surface area contributed by atoms with Gasteiger partial charge in [-0.25, -0.2) is 4.79 Å². The fourth-order valence-corrected chi connectivity index (χ4v) is 12.9. The average Bonchev–Trinajstić information content (AvgIpc) is 0.771. The zero-order chi connectivity index (χ0) is 74.8. The maximum atomic E-state index is 16.0. The number of fused-ring (bicyclic) bond motifs is 15. The van der Waals surface area contributed by atoms with Gasteiger partial charge in [0.25, 0.3) is 0 Å². The number of ether oxygens (including phenoxy) is 4. The van der Waals surface area contributed by atoms with Crippen LogP contribution in [0.5, 0.6) is 46.0 Å². The Balaban J connectivity index is 1.25. The van der Waals surface area contributed by atoms with E-state index in [-0.39, 0.29) is 52.0 Å². The molecule has 0 spiro atoms. The number of amides is 8. The van der Waals surface area contributed by atoms with Crippen molar-refractivity contribution >= 4 is 76.4 Å². The number of nitrogens with two attached hydrogens (primary N) is 1. The van der Waals surface area contributed by atoms with E-state index in [0.717, 1.165) is 112 Å². The standard InChI is InChI=1S/C70H83Cl2N9O22/c1-5-6-7-8-9-10-11-12-13-50(86)75-29-48-59(89)60(90)61(91)70(102-48)103-62-46-24-34-25-47(62)101-45-19-16-33(23-39(45)72)58(88)56-68(97)79-54(69(98)99)37-26-35(82)27-43(84)51(37)36-21-31(14-17-42(36)83)52(65(94)81-56)78-66(95)53(34)77-64(93)41(28-49(73)85)76-67(96)55(80-63(92)40(74-4)20-30(2)3)57(87)32-15-18-44(100-46)38(71)22-32/h14-19,21-27,30,40-41,48,52-61,70,74,82-84,87-91H,5-13,20,28-29H2,1-4H3,(H2,73,85)(H,75,86)(H,76,96)(H,77,93)(H,78,95)(H,79,97)(H,80,92)(H,81,94)(H,98,99)/t40-,41+,48-,52-,53-,54+,55-,56+,57-,58-,59-,60+,61-,70+/m1/s1. The van der Waals surface area contributed by atoms with Crippen molar-refractivity contribution in [3.05, 3.63) is 117 Å². The molecule has 33 heteroatoms. The van der Waals surface area contributed by atoms with Gasteiger partial charge in [-0.15, -0.1) is 0 Å². The van der Waals surface area contributed by atoms with Gasteiger partial charge in [0.1, 0.15) is 95.6 Å². The normalized spacial score (nSPS) is 24.5. The number of rotatable bonds is 21. The molecule has 31 nitrogen and oxygen atoms in total. The van der Waals surface area contributed by atoms with E-state index in [0.29, 0.717) is 6.42 Å². The molecule has 0 aromatic heterocycles. The number of aliphatic hydroxyl groups excluding tert-OH is 5. The van der Waals surface area contributed by atoms with Crippen LogP contribution in [0.15, 0.2) is 78.9 Å². The molecule has 5 aromatic carbocycles. The Labute approximate surface area is 600 Å². The number of carboxylic acids is 1. The lowest BCUT2D eigenvalue weighted by molar-refractivity contribution is -0.271. The molecule has 0 unspecified atom stereocenters. The predicted molar refractivity (Wildman–Crippen MR) is 366 cm³/mol. The number of carbonyl (C=O) groups excluding carboxylic acids is 8. The van der Waals surface area contributed by atoms with Gasteiger partial charge in [0.2, 0.25) is 59.3 Å². The summed E-state index contributed by atoms with van der Waals surface area (Å²) in [7, 11) is 1.48. The molecule has 103 heavy (non-hydrogen) atoms. The fraction of sp³-hybridized carbons (Fsp3) is 0.443. The lowest BCUT2D eigenvalue weighted by atomic mass is 9.89. The molecule has 0 aliphatic carbocycles. The van der Waals surface area contributed by atoms with Gasteiger partial charge < -0.3 is 113 Å². The number of nitrogens with one attached hydrogen (secondary N) is 8. The smallest absolute Gasteiger partial charge is 0.330 e. The molecule has 1 fully saturated rings. The molecule has 11 bridgehead atoms. The molecule has 1 saturated heterocycles. The molecule has 0 radical (unpaired) electrons. The minimum Gasteiger partial charge on any atom is -0.508 e. The summed E-state index contributed by atoms with van der Waals surface area (Å²) in [6, 6.07) is -0.492. The number of phenols is 3. The second-order valence-electron chi connectivity index (χ2n) is 26.0. The Morgan fingerprint density at radius 3 is 1.83 bits per heavy atom. The Morgan fingerprint density at radius 2 is 1.22 bits per heavy atom. The molecule has 554 valence electrons. The van der Waals surface area contributed by atoms with Crippen molar-refractivity contribution in [3.63, 3.8) is 0 Å². The van der Waals surface area contributed by atoms with Gasteiger partial charge in [0.05, 0.1) is 22.5 Å². The molecule has 11 rings (SSSR count). The number of primary amides is 1. The number of likely N-dealkylation sites (N-methyl/N-ethyl adjacent to an activating group) is 1. The Bertz CT molecular complexity index is 4030. The lowest BCUT2D eigenvalue weighted by Gasteiger charge is -2.40. The highest BCUT2D eigenvalue weighted by Gasteiger charge is 2.47. The van der Waals surface area contributed by atoms with Crippen LogP contribution in [0.2, 0.25) is 10.0 Å². The largest absolute Gasteiger partial charge is 0.508 e. The number of unbranched alkanes of at least 4 members (excludes halogenated alkanes) is 7. The van der Waals surface area contributed by atoms with E-state index in [4.69, 9.17) is 47.9 Å². The van der Waals surface area contributed by atoms with Gasteiger partial charge in [0, 0.05) is 35.7 Å². The number of hydrogen-bond donors (Lipinski definition) is 18. The van der Waals surface area contributed by atoms with Crippen LogP contribution >= 0.6 is 23.2 Å². The van der Waals surface area contributed by atoms with Crippen molar-refractivity contribution in [1.29, 1.82) is 0 Å². The van der Waals surface area contributed by atoms with Gasteiger partial charge in [-0.1, -0.05) is 107 Å². The lowest BCUT2D eigenvalue weighted by Crippen LogP contribution is -2.61. The molecule has 6 aliphatic rings. The van der Waals surface area contributed by atoms with Crippen LogP contribution < -0.4 is 62.5 Å². The minimum atomic E-state index is -2.32. The summed E-state index contributed by atoms with van der Waals surface area (Å²) < 4.78 is 25.7. The topological polar surface area (TPSA) is 495 Å². The van der Waals surface area contributed by atoms with Gasteiger partial charge in [-0.2, -0.15) is 0 Å². The second kappa shape index (κ2) is 34.1. The summed E-state index contributed by atoms with van der Waals surface area (Å²) >= 11 is 14.1. The molecular weight excluding hydrogens is 1390 g/mol. The number of phenolic OH excluding ortho intramolecular Hbond substituents is 3. The predicted octanol–water partition coefficient (Wildman–Crippen LogP) is 3.52.